The molecule has 1 aromatic heterocycles. The van der Waals surface area contributed by atoms with Gasteiger partial charge < -0.3 is 4.98 Å². The molecule has 0 saturated heterocycles. The summed E-state index contributed by atoms with van der Waals surface area (Å²) in [5.74, 6) is 0.0473. The maximum atomic E-state index is 13.4. The Bertz CT molecular complexity index is 626. The Balaban J connectivity index is 1.90. The molecule has 0 atom stereocenters. The highest BCUT2D eigenvalue weighted by molar-refractivity contribution is 7.89. The number of halogens is 1. The second-order valence-electron chi connectivity index (χ2n) is 3.97. The Morgan fingerprint density at radius 3 is 2.79 bits per heavy atom. The van der Waals surface area contributed by atoms with Crippen molar-refractivity contribution in [2.24, 2.45) is 0 Å². The summed E-state index contributed by atoms with van der Waals surface area (Å²) < 4.78 is 39.4. The van der Waals surface area contributed by atoms with Crippen LogP contribution in [0.2, 0.25) is 0 Å². The van der Waals surface area contributed by atoms with E-state index < -0.39 is 15.8 Å². The standard InChI is InChI=1S/C12H14FN3O2S/c13-10-4-1-2-5-11(10)19(17,18)16-7-3-6-12-14-8-9-15-12/h1-2,4-5,8-9,16H,3,6-7H2,(H,14,15). The highest BCUT2D eigenvalue weighted by Crippen LogP contribution is 2.12. The SMILES string of the molecule is O=S(=O)(NCCCc1ncc[nH]1)c1ccccc1F. The normalized spacial score (nSPS) is 11.6. The number of rotatable bonds is 6. The Labute approximate surface area is 110 Å². The molecule has 2 N–H and O–H groups in total. The van der Waals surface area contributed by atoms with Gasteiger partial charge in [0.1, 0.15) is 16.5 Å². The van der Waals surface area contributed by atoms with E-state index >= 15 is 0 Å². The van der Waals surface area contributed by atoms with Gasteiger partial charge in [0, 0.05) is 25.4 Å². The molecule has 0 spiro atoms. The number of nitrogens with zero attached hydrogens (tertiary/aromatic N) is 1. The van der Waals surface area contributed by atoms with E-state index in [9.17, 15) is 12.8 Å². The predicted octanol–water partition coefficient (Wildman–Crippen LogP) is 1.46. The van der Waals surface area contributed by atoms with Gasteiger partial charge in [-0.05, 0) is 18.6 Å². The number of imidazole rings is 1. The first kappa shape index (κ1) is 13.7. The molecule has 0 saturated carbocycles. The van der Waals surface area contributed by atoms with Crippen LogP contribution >= 0.6 is 0 Å². The van der Waals surface area contributed by atoms with Gasteiger partial charge in [0.05, 0.1) is 0 Å². The van der Waals surface area contributed by atoms with E-state index in [1.165, 1.54) is 18.2 Å². The number of H-pyrrole nitrogens is 1. The molecule has 0 bridgehead atoms. The number of sulfonamides is 1. The van der Waals surface area contributed by atoms with Crippen LogP contribution in [0.3, 0.4) is 0 Å². The first-order valence-corrected chi connectivity index (χ1v) is 7.30. The van der Waals surface area contributed by atoms with E-state index in [4.69, 9.17) is 0 Å². The highest BCUT2D eigenvalue weighted by atomic mass is 32.2. The van der Waals surface area contributed by atoms with Crippen molar-refractivity contribution >= 4 is 10.0 Å². The minimum atomic E-state index is -3.79. The van der Waals surface area contributed by atoms with E-state index in [0.717, 1.165) is 11.9 Å². The van der Waals surface area contributed by atoms with Crippen molar-refractivity contribution in [1.82, 2.24) is 14.7 Å². The number of nitrogens with one attached hydrogen (secondary N) is 2. The second-order valence-corrected chi connectivity index (χ2v) is 5.70. The molecule has 19 heavy (non-hydrogen) atoms. The van der Waals surface area contributed by atoms with Crippen LogP contribution in [-0.2, 0) is 16.4 Å². The zero-order chi connectivity index (χ0) is 13.7. The van der Waals surface area contributed by atoms with Gasteiger partial charge in [-0.15, -0.1) is 0 Å². The molecule has 7 heteroatoms. The predicted molar refractivity (Wildman–Crippen MR) is 68.5 cm³/mol. The second kappa shape index (κ2) is 5.94. The van der Waals surface area contributed by atoms with Gasteiger partial charge in [-0.1, -0.05) is 12.1 Å². The van der Waals surface area contributed by atoms with Crippen molar-refractivity contribution in [3.63, 3.8) is 0 Å². The van der Waals surface area contributed by atoms with Crippen molar-refractivity contribution < 1.29 is 12.8 Å². The Morgan fingerprint density at radius 1 is 1.32 bits per heavy atom. The van der Waals surface area contributed by atoms with Gasteiger partial charge in [-0.2, -0.15) is 0 Å². The smallest absolute Gasteiger partial charge is 0.243 e. The molecule has 0 fully saturated rings. The van der Waals surface area contributed by atoms with E-state index in [0.29, 0.717) is 12.8 Å². The summed E-state index contributed by atoms with van der Waals surface area (Å²) in [5.41, 5.74) is 0. The molecule has 102 valence electrons. The fraction of sp³-hybridized carbons (Fsp3) is 0.250. The maximum absolute atomic E-state index is 13.4. The number of aromatic amines is 1. The van der Waals surface area contributed by atoms with Crippen LogP contribution in [0.1, 0.15) is 12.2 Å². The van der Waals surface area contributed by atoms with Crippen LogP contribution in [-0.4, -0.2) is 24.9 Å². The molecule has 0 amide bonds. The molecule has 0 unspecified atom stereocenters. The monoisotopic (exact) mass is 283 g/mol. The first-order chi connectivity index (χ1) is 9.09. The molecule has 2 rings (SSSR count). The van der Waals surface area contributed by atoms with Crippen LogP contribution in [0.15, 0.2) is 41.6 Å². The third-order valence-electron chi connectivity index (χ3n) is 2.56. The van der Waals surface area contributed by atoms with Crippen LogP contribution in [0.5, 0.6) is 0 Å². The van der Waals surface area contributed by atoms with Crippen molar-refractivity contribution in [3.05, 3.63) is 48.3 Å². The van der Waals surface area contributed by atoms with Crippen molar-refractivity contribution in [2.75, 3.05) is 6.54 Å². The van der Waals surface area contributed by atoms with E-state index in [1.807, 2.05) is 0 Å². The first-order valence-electron chi connectivity index (χ1n) is 5.82. The third kappa shape index (κ3) is 3.62. The molecule has 0 aliphatic rings. The summed E-state index contributed by atoms with van der Waals surface area (Å²) in [4.78, 5) is 6.63. The summed E-state index contributed by atoms with van der Waals surface area (Å²) in [6, 6.07) is 5.30. The van der Waals surface area contributed by atoms with Gasteiger partial charge in [0.2, 0.25) is 10.0 Å². The molecule has 0 aliphatic carbocycles. The van der Waals surface area contributed by atoms with Gasteiger partial charge in [0.25, 0.3) is 0 Å². The van der Waals surface area contributed by atoms with Crippen LogP contribution in [0, 0.1) is 5.82 Å². The molecule has 0 aliphatic heterocycles. The van der Waals surface area contributed by atoms with Crippen molar-refractivity contribution in [1.29, 1.82) is 0 Å². The van der Waals surface area contributed by atoms with Gasteiger partial charge in [-0.3, -0.25) is 0 Å². The Morgan fingerprint density at radius 2 is 2.11 bits per heavy atom. The number of aryl methyl sites for hydroxylation is 1. The van der Waals surface area contributed by atoms with Gasteiger partial charge >= 0.3 is 0 Å². The average molecular weight is 283 g/mol. The number of hydrogen-bond donors (Lipinski definition) is 2. The molecule has 1 heterocycles. The van der Waals surface area contributed by atoms with Crippen LogP contribution in [0.4, 0.5) is 4.39 Å². The van der Waals surface area contributed by atoms with E-state index in [1.54, 1.807) is 12.4 Å². The summed E-state index contributed by atoms with van der Waals surface area (Å²) in [5, 5.41) is 0. The zero-order valence-electron chi connectivity index (χ0n) is 10.1. The molecular weight excluding hydrogens is 269 g/mol. The minimum Gasteiger partial charge on any atom is -0.349 e. The summed E-state index contributed by atoms with van der Waals surface area (Å²) in [6.45, 7) is 0.233. The highest BCUT2D eigenvalue weighted by Gasteiger charge is 2.17. The number of benzene rings is 1. The summed E-state index contributed by atoms with van der Waals surface area (Å²) in [6.07, 6.45) is 4.56. The van der Waals surface area contributed by atoms with E-state index in [2.05, 4.69) is 14.7 Å². The van der Waals surface area contributed by atoms with E-state index in [-0.39, 0.29) is 11.4 Å². The van der Waals surface area contributed by atoms with Crippen molar-refractivity contribution in [2.45, 2.75) is 17.7 Å². The average Bonchev–Trinajstić information content (AvgIpc) is 2.88. The van der Waals surface area contributed by atoms with Crippen LogP contribution in [0.25, 0.3) is 0 Å². The largest absolute Gasteiger partial charge is 0.349 e. The lowest BCUT2D eigenvalue weighted by Gasteiger charge is -2.06. The topological polar surface area (TPSA) is 74.8 Å². The lowest BCUT2D eigenvalue weighted by atomic mass is 10.3. The number of hydrogen-bond acceptors (Lipinski definition) is 3. The lowest BCUT2D eigenvalue weighted by molar-refractivity contribution is 0.555. The van der Waals surface area contributed by atoms with Gasteiger partial charge in [-0.25, -0.2) is 22.5 Å². The molecule has 5 nitrogen and oxygen atoms in total. The zero-order valence-corrected chi connectivity index (χ0v) is 11.0. The minimum absolute atomic E-state index is 0.233. The number of aromatic nitrogens is 2. The fourth-order valence-corrected chi connectivity index (χ4v) is 2.79. The Hall–Kier alpha value is -1.73. The molecule has 0 radical (unpaired) electrons. The third-order valence-corrected chi connectivity index (χ3v) is 4.06. The summed E-state index contributed by atoms with van der Waals surface area (Å²) >= 11 is 0. The maximum Gasteiger partial charge on any atom is 0.243 e. The molecule has 2 aromatic rings. The fourth-order valence-electron chi connectivity index (χ4n) is 1.64. The van der Waals surface area contributed by atoms with Crippen molar-refractivity contribution in [3.8, 4) is 0 Å². The lowest BCUT2D eigenvalue weighted by Crippen LogP contribution is -2.26. The Kier molecular flexibility index (Phi) is 4.28. The van der Waals surface area contributed by atoms with Gasteiger partial charge in [0.15, 0.2) is 0 Å². The van der Waals surface area contributed by atoms with Crippen LogP contribution < -0.4 is 4.72 Å². The summed E-state index contributed by atoms with van der Waals surface area (Å²) in [7, 11) is -3.79. The quantitative estimate of drug-likeness (QED) is 0.788. The molecule has 1 aromatic carbocycles. The molecular formula is C12H14FN3O2S.